The number of hydrogen-bond donors (Lipinski definition) is 0. The van der Waals surface area contributed by atoms with Gasteiger partial charge < -0.3 is 19.3 Å². The van der Waals surface area contributed by atoms with E-state index in [0.29, 0.717) is 0 Å². The van der Waals surface area contributed by atoms with Crippen molar-refractivity contribution in [2.45, 2.75) is 13.3 Å². The summed E-state index contributed by atoms with van der Waals surface area (Å²) in [5.74, 6) is 1.78. The van der Waals surface area contributed by atoms with Gasteiger partial charge in [-0.25, -0.2) is 0 Å². The molecule has 2 rings (SSSR count). The fourth-order valence-electron chi connectivity index (χ4n) is 2.48. The van der Waals surface area contributed by atoms with Gasteiger partial charge >= 0.3 is 0 Å². The molecule has 1 heterocycles. The zero-order chi connectivity index (χ0) is 14.2. The zero-order valence-corrected chi connectivity index (χ0v) is 12.7. The van der Waals surface area contributed by atoms with Crippen LogP contribution in [0.1, 0.15) is 13.3 Å². The molecule has 4 heteroatoms. The predicted molar refractivity (Wildman–Crippen MR) is 81.7 cm³/mol. The van der Waals surface area contributed by atoms with E-state index in [1.165, 1.54) is 32.7 Å². The molecular weight excluding hydrogens is 252 g/mol. The van der Waals surface area contributed by atoms with Crippen molar-refractivity contribution < 1.29 is 9.47 Å². The molecular formula is C16H26N2O2. The fraction of sp³-hybridized carbons (Fsp3) is 0.625. The molecule has 0 saturated carbocycles. The van der Waals surface area contributed by atoms with Gasteiger partial charge in [0.2, 0.25) is 0 Å². The molecule has 4 nitrogen and oxygen atoms in total. The summed E-state index contributed by atoms with van der Waals surface area (Å²) in [6.45, 7) is 10.1. The van der Waals surface area contributed by atoms with Crippen LogP contribution >= 0.6 is 0 Å². The Hall–Kier alpha value is -1.26. The molecule has 0 bridgehead atoms. The molecule has 0 spiro atoms. The third-order valence-corrected chi connectivity index (χ3v) is 3.86. The summed E-state index contributed by atoms with van der Waals surface area (Å²) >= 11 is 0. The monoisotopic (exact) mass is 278 g/mol. The van der Waals surface area contributed by atoms with Crippen molar-refractivity contribution in [2.24, 2.45) is 0 Å². The third kappa shape index (κ3) is 4.69. The Bertz CT molecular complexity index is 373. The number of hydrogen-bond acceptors (Lipinski definition) is 4. The maximum atomic E-state index is 5.75. The lowest BCUT2D eigenvalue weighted by molar-refractivity contribution is 0.130. The first-order valence-electron chi connectivity index (χ1n) is 7.53. The summed E-state index contributed by atoms with van der Waals surface area (Å²) in [5.41, 5.74) is 0. The van der Waals surface area contributed by atoms with E-state index in [4.69, 9.17) is 9.47 Å². The van der Waals surface area contributed by atoms with Gasteiger partial charge in [-0.05, 0) is 37.2 Å². The summed E-state index contributed by atoms with van der Waals surface area (Å²) in [7, 11) is 1.67. The van der Waals surface area contributed by atoms with Crippen LogP contribution in [0.15, 0.2) is 24.3 Å². The van der Waals surface area contributed by atoms with Crippen LogP contribution in [-0.4, -0.2) is 62.8 Å². The van der Waals surface area contributed by atoms with Crippen LogP contribution < -0.4 is 9.47 Å². The molecule has 0 aliphatic carbocycles. The van der Waals surface area contributed by atoms with Crippen LogP contribution in [0.2, 0.25) is 0 Å². The first kappa shape index (κ1) is 15.1. The van der Waals surface area contributed by atoms with Gasteiger partial charge in [0.25, 0.3) is 0 Å². The van der Waals surface area contributed by atoms with E-state index in [1.54, 1.807) is 7.11 Å². The Labute approximate surface area is 122 Å². The highest BCUT2D eigenvalue weighted by molar-refractivity contribution is 5.31. The molecule has 20 heavy (non-hydrogen) atoms. The van der Waals surface area contributed by atoms with Crippen molar-refractivity contribution in [1.29, 1.82) is 0 Å². The van der Waals surface area contributed by atoms with Crippen molar-refractivity contribution in [3.8, 4) is 11.5 Å². The first-order chi connectivity index (χ1) is 9.81. The molecule has 1 fully saturated rings. The minimum absolute atomic E-state index is 0.778. The Morgan fingerprint density at radius 2 is 1.55 bits per heavy atom. The zero-order valence-electron chi connectivity index (χ0n) is 12.7. The minimum atomic E-state index is 0.778. The average molecular weight is 278 g/mol. The van der Waals surface area contributed by atoms with Gasteiger partial charge in [-0.1, -0.05) is 6.92 Å². The topological polar surface area (TPSA) is 24.9 Å². The summed E-state index contributed by atoms with van der Waals surface area (Å²) < 4.78 is 10.9. The number of benzene rings is 1. The van der Waals surface area contributed by atoms with E-state index < -0.39 is 0 Å². The normalized spacial score (nSPS) is 17.1. The summed E-state index contributed by atoms with van der Waals surface area (Å²) in [4.78, 5) is 5.04. The van der Waals surface area contributed by atoms with Crippen molar-refractivity contribution in [1.82, 2.24) is 9.80 Å². The highest BCUT2D eigenvalue weighted by Gasteiger charge is 2.14. The molecule has 0 radical (unpaired) electrons. The van der Waals surface area contributed by atoms with Gasteiger partial charge in [-0.2, -0.15) is 0 Å². The standard InChI is InChI=1S/C16H26N2O2/c1-3-17-10-12-18(13-11-17)9-4-14-20-16-7-5-15(19-2)6-8-16/h5-8H,3-4,9-14H2,1-2H3. The van der Waals surface area contributed by atoms with Crippen molar-refractivity contribution >= 4 is 0 Å². The lowest BCUT2D eigenvalue weighted by atomic mass is 10.3. The molecule has 0 N–H and O–H groups in total. The summed E-state index contributed by atoms with van der Waals surface area (Å²) in [5, 5.41) is 0. The van der Waals surface area contributed by atoms with E-state index in [2.05, 4.69) is 16.7 Å². The van der Waals surface area contributed by atoms with Crippen LogP contribution in [-0.2, 0) is 0 Å². The Morgan fingerprint density at radius 3 is 2.15 bits per heavy atom. The molecule has 1 aliphatic rings. The van der Waals surface area contributed by atoms with Crippen LogP contribution in [0, 0.1) is 0 Å². The highest BCUT2D eigenvalue weighted by Crippen LogP contribution is 2.17. The number of methoxy groups -OCH3 is 1. The smallest absolute Gasteiger partial charge is 0.119 e. The average Bonchev–Trinajstić information content (AvgIpc) is 2.53. The second kappa shape index (κ2) is 8.12. The van der Waals surface area contributed by atoms with Gasteiger partial charge in [0.15, 0.2) is 0 Å². The van der Waals surface area contributed by atoms with Crippen molar-refractivity contribution in [3.05, 3.63) is 24.3 Å². The summed E-state index contributed by atoms with van der Waals surface area (Å²) in [6, 6.07) is 7.77. The Balaban J connectivity index is 1.59. The number of likely N-dealkylation sites (N-methyl/N-ethyl adjacent to an activating group) is 1. The molecule has 0 amide bonds. The van der Waals surface area contributed by atoms with Crippen molar-refractivity contribution in [3.63, 3.8) is 0 Å². The SMILES string of the molecule is CCN1CCN(CCCOc2ccc(OC)cc2)CC1. The lowest BCUT2D eigenvalue weighted by Gasteiger charge is -2.33. The van der Waals surface area contributed by atoms with Gasteiger partial charge in [0.1, 0.15) is 11.5 Å². The summed E-state index contributed by atoms with van der Waals surface area (Å²) in [6.07, 6.45) is 1.08. The van der Waals surface area contributed by atoms with E-state index >= 15 is 0 Å². The maximum Gasteiger partial charge on any atom is 0.119 e. The molecule has 1 aromatic rings. The molecule has 1 aromatic carbocycles. The minimum Gasteiger partial charge on any atom is -0.497 e. The Kier molecular flexibility index (Phi) is 6.15. The number of piperazine rings is 1. The van der Waals surface area contributed by atoms with E-state index in [-0.39, 0.29) is 0 Å². The highest BCUT2D eigenvalue weighted by atomic mass is 16.5. The maximum absolute atomic E-state index is 5.75. The van der Waals surface area contributed by atoms with Gasteiger partial charge in [0.05, 0.1) is 13.7 Å². The first-order valence-corrected chi connectivity index (χ1v) is 7.53. The molecule has 1 saturated heterocycles. The molecule has 0 aromatic heterocycles. The van der Waals surface area contributed by atoms with E-state index in [9.17, 15) is 0 Å². The largest absolute Gasteiger partial charge is 0.497 e. The Morgan fingerprint density at radius 1 is 0.950 bits per heavy atom. The van der Waals surface area contributed by atoms with Crippen LogP contribution in [0.3, 0.4) is 0 Å². The van der Waals surface area contributed by atoms with E-state index in [0.717, 1.165) is 31.1 Å². The van der Waals surface area contributed by atoms with Gasteiger partial charge in [-0.3, -0.25) is 0 Å². The second-order valence-electron chi connectivity index (χ2n) is 5.15. The third-order valence-electron chi connectivity index (χ3n) is 3.86. The molecule has 112 valence electrons. The van der Waals surface area contributed by atoms with Crippen LogP contribution in [0.4, 0.5) is 0 Å². The molecule has 1 aliphatic heterocycles. The quantitative estimate of drug-likeness (QED) is 0.713. The second-order valence-corrected chi connectivity index (χ2v) is 5.15. The van der Waals surface area contributed by atoms with Crippen LogP contribution in [0.5, 0.6) is 11.5 Å². The van der Waals surface area contributed by atoms with Gasteiger partial charge in [0, 0.05) is 32.7 Å². The lowest BCUT2D eigenvalue weighted by Crippen LogP contribution is -2.46. The van der Waals surface area contributed by atoms with Gasteiger partial charge in [-0.15, -0.1) is 0 Å². The fourth-order valence-corrected chi connectivity index (χ4v) is 2.48. The molecule has 0 unspecified atom stereocenters. The number of ether oxygens (including phenoxy) is 2. The molecule has 0 atom stereocenters. The number of rotatable bonds is 7. The predicted octanol–water partition coefficient (Wildman–Crippen LogP) is 2.10. The van der Waals surface area contributed by atoms with Crippen molar-refractivity contribution in [2.75, 3.05) is 53.0 Å². The number of nitrogens with zero attached hydrogens (tertiary/aromatic N) is 2. The van der Waals surface area contributed by atoms with Crippen LogP contribution in [0.25, 0.3) is 0 Å². The van der Waals surface area contributed by atoms with E-state index in [1.807, 2.05) is 24.3 Å².